The van der Waals surface area contributed by atoms with Crippen LogP contribution in [0.5, 0.6) is 11.5 Å². The number of anilines is 1. The van der Waals surface area contributed by atoms with Gasteiger partial charge in [0.25, 0.3) is 0 Å². The number of nitrogens with zero attached hydrogens (tertiary/aromatic N) is 2. The zero-order valence-corrected chi connectivity index (χ0v) is 22.0. The number of rotatable bonds is 8. The number of benzene rings is 3. The van der Waals surface area contributed by atoms with Gasteiger partial charge in [-0.15, -0.1) is 0 Å². The van der Waals surface area contributed by atoms with Crippen molar-refractivity contribution in [1.82, 2.24) is 4.98 Å². The Hall–Kier alpha value is -4.28. The summed E-state index contributed by atoms with van der Waals surface area (Å²) < 4.78 is 10.6. The van der Waals surface area contributed by atoms with Crippen LogP contribution in [-0.4, -0.2) is 30.9 Å². The molecule has 1 amide bonds. The first-order valence-corrected chi connectivity index (χ1v) is 12.6. The summed E-state index contributed by atoms with van der Waals surface area (Å²) in [6.45, 7) is 3.98. The first-order valence-electron chi connectivity index (χ1n) is 11.6. The van der Waals surface area contributed by atoms with Crippen LogP contribution in [0.4, 0.5) is 5.69 Å². The minimum atomic E-state index is -0.165. The van der Waals surface area contributed by atoms with E-state index in [1.165, 1.54) is 11.8 Å². The fourth-order valence-corrected chi connectivity index (χ4v) is 4.82. The van der Waals surface area contributed by atoms with Crippen molar-refractivity contribution >= 4 is 23.4 Å². The zero-order valence-electron chi connectivity index (χ0n) is 21.2. The lowest BCUT2D eigenvalue weighted by Crippen LogP contribution is -2.14. The van der Waals surface area contributed by atoms with Gasteiger partial charge in [0.05, 0.1) is 31.2 Å². The van der Waals surface area contributed by atoms with Gasteiger partial charge in [-0.25, -0.2) is 4.98 Å². The van der Waals surface area contributed by atoms with Crippen LogP contribution in [0.2, 0.25) is 0 Å². The number of aryl methyl sites for hydroxylation is 2. The lowest BCUT2D eigenvalue weighted by atomic mass is 9.99. The summed E-state index contributed by atoms with van der Waals surface area (Å²) in [5.41, 5.74) is 6.50. The highest BCUT2D eigenvalue weighted by molar-refractivity contribution is 8.00. The highest BCUT2D eigenvalue weighted by Gasteiger charge is 2.17. The van der Waals surface area contributed by atoms with E-state index in [2.05, 4.69) is 17.5 Å². The van der Waals surface area contributed by atoms with Crippen molar-refractivity contribution in [2.24, 2.45) is 0 Å². The van der Waals surface area contributed by atoms with E-state index in [9.17, 15) is 10.1 Å². The average Bonchev–Trinajstić information content (AvgIpc) is 2.91. The first-order chi connectivity index (χ1) is 17.9. The van der Waals surface area contributed by atoms with Gasteiger partial charge in [0.15, 0.2) is 0 Å². The van der Waals surface area contributed by atoms with Gasteiger partial charge < -0.3 is 14.8 Å². The Morgan fingerprint density at radius 2 is 1.46 bits per heavy atom. The maximum Gasteiger partial charge on any atom is 0.234 e. The van der Waals surface area contributed by atoms with E-state index in [0.29, 0.717) is 16.3 Å². The zero-order chi connectivity index (χ0) is 26.4. The van der Waals surface area contributed by atoms with Crippen LogP contribution in [0.25, 0.3) is 22.4 Å². The van der Waals surface area contributed by atoms with E-state index in [1.807, 2.05) is 80.6 Å². The van der Waals surface area contributed by atoms with Crippen LogP contribution in [0.1, 0.15) is 16.7 Å². The number of thioether (sulfide) groups is 1. The third-order valence-corrected chi connectivity index (χ3v) is 6.71. The minimum Gasteiger partial charge on any atom is -0.497 e. The number of hydrogen-bond acceptors (Lipinski definition) is 6. The largest absolute Gasteiger partial charge is 0.497 e. The molecule has 7 heteroatoms. The van der Waals surface area contributed by atoms with Crippen molar-refractivity contribution in [3.05, 3.63) is 89.5 Å². The van der Waals surface area contributed by atoms with Crippen molar-refractivity contribution in [1.29, 1.82) is 5.26 Å². The third kappa shape index (κ3) is 6.29. The maximum absolute atomic E-state index is 12.8. The predicted octanol–water partition coefficient (Wildman–Crippen LogP) is 6.65. The minimum absolute atomic E-state index is 0.114. The topological polar surface area (TPSA) is 84.2 Å². The Morgan fingerprint density at radius 3 is 2.00 bits per heavy atom. The van der Waals surface area contributed by atoms with Gasteiger partial charge in [-0.2, -0.15) is 5.26 Å². The molecule has 0 aliphatic heterocycles. The Morgan fingerprint density at radius 1 is 0.892 bits per heavy atom. The summed E-state index contributed by atoms with van der Waals surface area (Å²) in [7, 11) is 3.23. The molecule has 1 aromatic heterocycles. The number of amides is 1. The van der Waals surface area contributed by atoms with Crippen molar-refractivity contribution in [3.8, 4) is 40.0 Å². The van der Waals surface area contributed by atoms with E-state index in [4.69, 9.17) is 14.5 Å². The molecule has 0 saturated carbocycles. The molecule has 1 N–H and O–H groups in total. The molecule has 0 unspecified atom stereocenters. The summed E-state index contributed by atoms with van der Waals surface area (Å²) in [6.07, 6.45) is 0. The van der Waals surface area contributed by atoms with Crippen molar-refractivity contribution in [3.63, 3.8) is 0 Å². The van der Waals surface area contributed by atoms with Gasteiger partial charge in [-0.05, 0) is 85.1 Å². The summed E-state index contributed by atoms with van der Waals surface area (Å²) >= 11 is 1.25. The van der Waals surface area contributed by atoms with E-state index < -0.39 is 0 Å². The Bertz CT molecular complexity index is 1440. The number of nitriles is 1. The number of ether oxygens (including phenoxy) is 2. The van der Waals surface area contributed by atoms with Gasteiger partial charge in [0, 0.05) is 16.8 Å². The van der Waals surface area contributed by atoms with Crippen LogP contribution < -0.4 is 14.8 Å². The molecule has 186 valence electrons. The summed E-state index contributed by atoms with van der Waals surface area (Å²) in [6, 6.07) is 25.2. The molecule has 0 aliphatic carbocycles. The van der Waals surface area contributed by atoms with E-state index >= 15 is 0 Å². The monoisotopic (exact) mass is 509 g/mol. The van der Waals surface area contributed by atoms with Gasteiger partial charge in [0.2, 0.25) is 5.91 Å². The van der Waals surface area contributed by atoms with Gasteiger partial charge in [-0.1, -0.05) is 30.0 Å². The number of methoxy groups -OCH3 is 2. The number of carbonyl (C=O) groups is 1. The molecule has 0 spiro atoms. The standard InChI is InChI=1S/C30H27N3O3S/c1-19-13-20(2)15-23(14-19)32-29(34)18-37-30-27(17-31)26(21-5-9-24(35-3)10-6-21)16-28(33-30)22-7-11-25(36-4)12-8-22/h5-16H,18H2,1-4H3,(H,32,34). The van der Waals surface area contributed by atoms with Crippen molar-refractivity contribution in [2.45, 2.75) is 18.9 Å². The Balaban J connectivity index is 1.69. The second-order valence-electron chi connectivity index (χ2n) is 8.52. The molecule has 0 aliphatic rings. The Kier molecular flexibility index (Phi) is 8.11. The van der Waals surface area contributed by atoms with Gasteiger partial charge in [0.1, 0.15) is 22.6 Å². The van der Waals surface area contributed by atoms with Crippen molar-refractivity contribution < 1.29 is 14.3 Å². The molecule has 6 nitrogen and oxygen atoms in total. The highest BCUT2D eigenvalue weighted by atomic mass is 32.2. The molecule has 4 rings (SSSR count). The highest BCUT2D eigenvalue weighted by Crippen LogP contribution is 2.35. The second kappa shape index (κ2) is 11.6. The molecule has 3 aromatic carbocycles. The fourth-order valence-electron chi connectivity index (χ4n) is 4.02. The molecule has 1 heterocycles. The quantitative estimate of drug-likeness (QED) is 0.268. The fraction of sp³-hybridized carbons (Fsp3) is 0.167. The number of carbonyl (C=O) groups excluding carboxylic acids is 1. The Labute approximate surface area is 221 Å². The lowest BCUT2D eigenvalue weighted by Gasteiger charge is -2.13. The average molecular weight is 510 g/mol. The van der Waals surface area contributed by atoms with Gasteiger partial charge in [-0.3, -0.25) is 4.79 Å². The summed E-state index contributed by atoms with van der Waals surface area (Å²) in [5.74, 6) is 1.42. The number of hydrogen-bond donors (Lipinski definition) is 1. The molecule has 0 atom stereocenters. The maximum atomic E-state index is 12.8. The lowest BCUT2D eigenvalue weighted by molar-refractivity contribution is -0.113. The van der Waals surface area contributed by atoms with E-state index in [1.54, 1.807) is 14.2 Å². The first kappa shape index (κ1) is 25.8. The molecule has 0 saturated heterocycles. The number of nitrogens with one attached hydrogen (secondary N) is 1. The van der Waals surface area contributed by atoms with Crippen LogP contribution in [-0.2, 0) is 4.79 Å². The molecule has 0 radical (unpaired) electrons. The SMILES string of the molecule is COc1ccc(-c2cc(-c3ccc(OC)cc3)c(C#N)c(SCC(=O)Nc3cc(C)cc(C)c3)n2)cc1. The summed E-state index contributed by atoms with van der Waals surface area (Å²) in [5, 5.41) is 13.6. The molecule has 37 heavy (non-hydrogen) atoms. The van der Waals surface area contributed by atoms with E-state index in [0.717, 1.165) is 45.0 Å². The molecule has 0 bridgehead atoms. The second-order valence-corrected chi connectivity index (χ2v) is 9.48. The van der Waals surface area contributed by atoms with Crippen LogP contribution in [0.3, 0.4) is 0 Å². The number of pyridine rings is 1. The molecular formula is C30H27N3O3S. The van der Waals surface area contributed by atoms with Crippen LogP contribution in [0, 0.1) is 25.2 Å². The van der Waals surface area contributed by atoms with Crippen LogP contribution in [0.15, 0.2) is 77.8 Å². The summed E-state index contributed by atoms with van der Waals surface area (Å²) in [4.78, 5) is 17.6. The third-order valence-electron chi connectivity index (χ3n) is 5.73. The normalized spacial score (nSPS) is 10.5. The number of aromatic nitrogens is 1. The molecule has 0 fully saturated rings. The van der Waals surface area contributed by atoms with Gasteiger partial charge >= 0.3 is 0 Å². The predicted molar refractivity (Wildman–Crippen MR) is 148 cm³/mol. The van der Waals surface area contributed by atoms with E-state index in [-0.39, 0.29) is 11.7 Å². The molecule has 4 aromatic rings. The smallest absolute Gasteiger partial charge is 0.234 e. The van der Waals surface area contributed by atoms with Crippen molar-refractivity contribution in [2.75, 3.05) is 25.3 Å². The van der Waals surface area contributed by atoms with Crippen LogP contribution >= 0.6 is 11.8 Å². The molecular weight excluding hydrogens is 482 g/mol.